The molecule has 0 N–H and O–H groups in total. The molecule has 108 valence electrons. The van der Waals surface area contributed by atoms with Gasteiger partial charge >= 0.3 is 11.9 Å². The van der Waals surface area contributed by atoms with Gasteiger partial charge in [0, 0.05) is 11.3 Å². The number of hydrogen-bond acceptors (Lipinski definition) is 5. The second-order valence-corrected chi connectivity index (χ2v) is 6.41. The molecule has 1 heterocycles. The number of rotatable bonds is 1. The molecule has 2 aliphatic carbocycles. The minimum atomic E-state index is -0.785. The molecule has 0 aromatic rings. The zero-order chi connectivity index (χ0) is 14.7. The Kier molecular flexibility index (Phi) is 2.62. The number of methoxy groups -OCH3 is 1. The van der Waals surface area contributed by atoms with E-state index in [1.807, 2.05) is 13.8 Å². The summed E-state index contributed by atoms with van der Waals surface area (Å²) < 4.78 is 10.4. The van der Waals surface area contributed by atoms with Gasteiger partial charge in [0.25, 0.3) is 0 Å². The molecular weight excluding hydrogens is 260 g/mol. The van der Waals surface area contributed by atoms with Gasteiger partial charge in [0.05, 0.1) is 12.5 Å². The average Bonchev–Trinajstić information content (AvgIpc) is 2.67. The summed E-state index contributed by atoms with van der Waals surface area (Å²) in [6, 6.07) is 0. The van der Waals surface area contributed by atoms with Crippen LogP contribution in [-0.4, -0.2) is 30.9 Å². The first-order valence-electron chi connectivity index (χ1n) is 6.86. The number of carbonyl (C=O) groups is 3. The maximum Gasteiger partial charge on any atom is 0.317 e. The first-order chi connectivity index (χ1) is 9.35. The minimum absolute atomic E-state index is 0.217. The Balaban J connectivity index is 2.14. The van der Waals surface area contributed by atoms with Gasteiger partial charge in [-0.3, -0.25) is 14.4 Å². The molecule has 0 bridgehead atoms. The Bertz CT molecular complexity index is 536. The molecule has 5 nitrogen and oxygen atoms in total. The van der Waals surface area contributed by atoms with Crippen LogP contribution < -0.4 is 0 Å². The first kappa shape index (κ1) is 13.3. The highest BCUT2D eigenvalue weighted by atomic mass is 16.6. The summed E-state index contributed by atoms with van der Waals surface area (Å²) in [7, 11) is 1.37. The number of ether oxygens (including phenoxy) is 2. The summed E-state index contributed by atoms with van der Waals surface area (Å²) in [6.45, 7) is 3.74. The van der Waals surface area contributed by atoms with Crippen molar-refractivity contribution in [2.24, 2.45) is 22.7 Å². The zero-order valence-electron chi connectivity index (χ0n) is 11.8. The van der Waals surface area contributed by atoms with Gasteiger partial charge < -0.3 is 9.47 Å². The van der Waals surface area contributed by atoms with E-state index in [0.29, 0.717) is 12.8 Å². The van der Waals surface area contributed by atoms with E-state index in [-0.39, 0.29) is 23.8 Å². The molecule has 3 aliphatic rings. The van der Waals surface area contributed by atoms with Crippen molar-refractivity contribution < 1.29 is 23.9 Å². The molecule has 0 radical (unpaired) electrons. The molecule has 0 aromatic carbocycles. The van der Waals surface area contributed by atoms with Gasteiger partial charge in [0.2, 0.25) is 0 Å². The maximum absolute atomic E-state index is 12.2. The third-order valence-electron chi connectivity index (χ3n) is 5.48. The Hall–Kier alpha value is -1.65. The van der Waals surface area contributed by atoms with Crippen molar-refractivity contribution in [3.63, 3.8) is 0 Å². The SMILES string of the molecule is COC(=O)[C@@]1(C)CC[C@@H]2OC(=O)[C@@H]3C(=O)C=C[C@@H]1[C@@]32C. The number of carbonyl (C=O) groups excluding carboxylic acids is 3. The van der Waals surface area contributed by atoms with Crippen LogP contribution in [0.1, 0.15) is 26.7 Å². The van der Waals surface area contributed by atoms with Crippen LogP contribution in [0.5, 0.6) is 0 Å². The molecule has 0 unspecified atom stereocenters. The second kappa shape index (κ2) is 3.93. The van der Waals surface area contributed by atoms with E-state index in [9.17, 15) is 14.4 Å². The fraction of sp³-hybridized carbons (Fsp3) is 0.667. The third-order valence-corrected chi connectivity index (χ3v) is 5.48. The van der Waals surface area contributed by atoms with E-state index in [1.54, 1.807) is 6.08 Å². The summed E-state index contributed by atoms with van der Waals surface area (Å²) in [4.78, 5) is 36.3. The van der Waals surface area contributed by atoms with Crippen LogP contribution in [0, 0.1) is 22.7 Å². The van der Waals surface area contributed by atoms with E-state index in [0.717, 1.165) is 0 Å². The molecular formula is C15H18O5. The van der Waals surface area contributed by atoms with E-state index in [4.69, 9.17) is 9.47 Å². The predicted molar refractivity (Wildman–Crippen MR) is 68.5 cm³/mol. The molecule has 0 spiro atoms. The van der Waals surface area contributed by atoms with Gasteiger partial charge in [0.15, 0.2) is 5.78 Å². The number of allylic oxidation sites excluding steroid dienone is 2. The van der Waals surface area contributed by atoms with Crippen LogP contribution in [0.15, 0.2) is 12.2 Å². The van der Waals surface area contributed by atoms with E-state index >= 15 is 0 Å². The van der Waals surface area contributed by atoms with Crippen LogP contribution >= 0.6 is 0 Å². The molecule has 1 saturated heterocycles. The molecule has 1 aliphatic heterocycles. The zero-order valence-corrected chi connectivity index (χ0v) is 11.8. The molecule has 5 heteroatoms. The summed E-state index contributed by atoms with van der Waals surface area (Å²) in [6.07, 6.45) is 4.07. The fourth-order valence-corrected chi connectivity index (χ4v) is 4.39. The van der Waals surface area contributed by atoms with Crippen LogP contribution in [0.4, 0.5) is 0 Å². The topological polar surface area (TPSA) is 69.7 Å². The average molecular weight is 278 g/mol. The fourth-order valence-electron chi connectivity index (χ4n) is 4.39. The summed E-state index contributed by atoms with van der Waals surface area (Å²) in [5, 5.41) is 0. The predicted octanol–water partition coefficient (Wildman–Crippen LogP) is 1.26. The lowest BCUT2D eigenvalue weighted by Crippen LogP contribution is -2.57. The number of hydrogen-bond donors (Lipinski definition) is 0. The molecule has 3 rings (SSSR count). The third kappa shape index (κ3) is 1.35. The van der Waals surface area contributed by atoms with E-state index < -0.39 is 22.7 Å². The van der Waals surface area contributed by atoms with Crippen LogP contribution in [0.2, 0.25) is 0 Å². The second-order valence-electron chi connectivity index (χ2n) is 6.41. The van der Waals surface area contributed by atoms with Crippen molar-refractivity contribution >= 4 is 17.7 Å². The largest absolute Gasteiger partial charge is 0.469 e. The van der Waals surface area contributed by atoms with Crippen molar-refractivity contribution in [1.82, 2.24) is 0 Å². The summed E-state index contributed by atoms with van der Waals surface area (Å²) in [5.74, 6) is -1.97. The minimum Gasteiger partial charge on any atom is -0.469 e. The molecule has 2 fully saturated rings. The van der Waals surface area contributed by atoms with Crippen molar-refractivity contribution in [3.8, 4) is 0 Å². The van der Waals surface area contributed by atoms with E-state index in [1.165, 1.54) is 13.2 Å². The van der Waals surface area contributed by atoms with Gasteiger partial charge in [-0.1, -0.05) is 13.0 Å². The first-order valence-corrected chi connectivity index (χ1v) is 6.86. The number of ketones is 1. The standard InChI is InChI=1S/C15H18O5/c1-14(13(18)19-3)7-6-10-15(2)9(14)5-4-8(16)11(15)12(17)20-10/h4-5,9-11H,6-7H2,1-3H3/t9-,10-,11-,14-,15+/m0/s1. The van der Waals surface area contributed by atoms with Crippen molar-refractivity contribution in [2.45, 2.75) is 32.8 Å². The molecule has 1 saturated carbocycles. The van der Waals surface area contributed by atoms with Gasteiger partial charge in [-0.15, -0.1) is 0 Å². The normalized spacial score (nSPS) is 45.9. The number of esters is 2. The smallest absolute Gasteiger partial charge is 0.317 e. The Labute approximate surface area is 117 Å². The highest BCUT2D eigenvalue weighted by Gasteiger charge is 2.68. The van der Waals surface area contributed by atoms with Crippen molar-refractivity contribution in [2.75, 3.05) is 7.11 Å². The highest BCUT2D eigenvalue weighted by molar-refractivity contribution is 6.08. The van der Waals surface area contributed by atoms with Gasteiger partial charge in [-0.05, 0) is 25.8 Å². The van der Waals surface area contributed by atoms with Crippen molar-refractivity contribution in [1.29, 1.82) is 0 Å². The molecule has 0 aromatic heterocycles. The summed E-state index contributed by atoms with van der Waals surface area (Å²) in [5.41, 5.74) is -1.37. The Morgan fingerprint density at radius 1 is 1.40 bits per heavy atom. The lowest BCUT2D eigenvalue weighted by atomic mass is 9.49. The molecule has 5 atom stereocenters. The summed E-state index contributed by atoms with van der Waals surface area (Å²) >= 11 is 0. The van der Waals surface area contributed by atoms with Crippen LogP contribution in [0.25, 0.3) is 0 Å². The maximum atomic E-state index is 12.2. The Morgan fingerprint density at radius 3 is 2.75 bits per heavy atom. The lowest BCUT2D eigenvalue weighted by Gasteiger charge is -2.51. The lowest BCUT2D eigenvalue weighted by molar-refractivity contribution is -0.167. The quantitative estimate of drug-likeness (QED) is 0.533. The van der Waals surface area contributed by atoms with Gasteiger partial charge in [-0.2, -0.15) is 0 Å². The van der Waals surface area contributed by atoms with Gasteiger partial charge in [0.1, 0.15) is 12.0 Å². The molecule has 20 heavy (non-hydrogen) atoms. The highest BCUT2D eigenvalue weighted by Crippen LogP contribution is 2.61. The monoisotopic (exact) mass is 278 g/mol. The molecule has 0 amide bonds. The van der Waals surface area contributed by atoms with Crippen LogP contribution in [-0.2, 0) is 23.9 Å². The van der Waals surface area contributed by atoms with Crippen molar-refractivity contribution in [3.05, 3.63) is 12.2 Å². The van der Waals surface area contributed by atoms with Crippen LogP contribution in [0.3, 0.4) is 0 Å². The van der Waals surface area contributed by atoms with Gasteiger partial charge in [-0.25, -0.2) is 0 Å². The Morgan fingerprint density at radius 2 is 2.10 bits per heavy atom. The van der Waals surface area contributed by atoms with E-state index in [2.05, 4.69) is 0 Å².